The van der Waals surface area contributed by atoms with Crippen LogP contribution in [0.25, 0.3) is 0 Å². The highest BCUT2D eigenvalue weighted by molar-refractivity contribution is 7.90. The van der Waals surface area contributed by atoms with Gasteiger partial charge in [0.2, 0.25) is 15.0 Å². The molecule has 11 heteroatoms. The first kappa shape index (κ1) is 22.2. The molecule has 1 amide bonds. The number of hydrogen-bond donors (Lipinski definition) is 1. The van der Waals surface area contributed by atoms with Gasteiger partial charge in [-0.05, 0) is 48.5 Å². The van der Waals surface area contributed by atoms with Gasteiger partial charge in [0, 0.05) is 11.9 Å². The number of furan rings is 2. The van der Waals surface area contributed by atoms with E-state index in [1.807, 2.05) is 0 Å². The van der Waals surface area contributed by atoms with Crippen LogP contribution >= 0.6 is 0 Å². The van der Waals surface area contributed by atoms with Crippen molar-refractivity contribution < 1.29 is 26.4 Å². The summed E-state index contributed by atoms with van der Waals surface area (Å²) >= 11 is 0. The van der Waals surface area contributed by atoms with Gasteiger partial charge in [-0.1, -0.05) is 0 Å². The van der Waals surface area contributed by atoms with Crippen molar-refractivity contribution in [2.75, 3.05) is 16.5 Å². The zero-order chi connectivity index (χ0) is 23.4. The van der Waals surface area contributed by atoms with E-state index in [9.17, 15) is 17.6 Å². The van der Waals surface area contributed by atoms with Crippen molar-refractivity contribution in [3.05, 3.63) is 90.3 Å². The molecule has 4 aromatic rings. The predicted octanol–water partition coefficient (Wildman–Crippen LogP) is 3.66. The summed E-state index contributed by atoms with van der Waals surface area (Å²) in [6, 6.07) is 12.1. The Morgan fingerprint density at radius 3 is 2.15 bits per heavy atom. The second kappa shape index (κ2) is 9.25. The molecule has 0 aliphatic rings. The molecule has 0 unspecified atom stereocenters. The fourth-order valence-electron chi connectivity index (χ4n) is 3.07. The number of nitrogens with zero attached hydrogens (tertiary/aromatic N) is 3. The predicted molar refractivity (Wildman–Crippen MR) is 117 cm³/mol. The van der Waals surface area contributed by atoms with Crippen molar-refractivity contribution in [2.45, 2.75) is 18.2 Å². The molecule has 0 saturated carbocycles. The maximum Gasteiger partial charge on any atom is 0.276 e. The molecule has 0 saturated heterocycles. The number of amides is 1. The molecule has 0 aliphatic heterocycles. The van der Waals surface area contributed by atoms with Gasteiger partial charge in [-0.15, -0.1) is 0 Å². The third kappa shape index (κ3) is 5.44. The van der Waals surface area contributed by atoms with Crippen molar-refractivity contribution in [3.63, 3.8) is 0 Å². The van der Waals surface area contributed by atoms with E-state index in [0.717, 1.165) is 6.26 Å². The van der Waals surface area contributed by atoms with Gasteiger partial charge in [-0.3, -0.25) is 4.79 Å². The molecule has 1 N–H and O–H groups in total. The molecule has 33 heavy (non-hydrogen) atoms. The molecule has 0 bridgehead atoms. The third-order valence-electron chi connectivity index (χ3n) is 4.59. The number of anilines is 2. The summed E-state index contributed by atoms with van der Waals surface area (Å²) in [7, 11) is -3.79. The number of carbonyl (C=O) groups is 1. The summed E-state index contributed by atoms with van der Waals surface area (Å²) in [4.78, 5) is 22.9. The molecule has 170 valence electrons. The molecule has 0 fully saturated rings. The lowest BCUT2D eigenvalue weighted by molar-refractivity contribution is 0.102. The number of benzene rings is 1. The highest BCUT2D eigenvalue weighted by Gasteiger charge is 2.24. The second-order valence-electron chi connectivity index (χ2n) is 7.13. The summed E-state index contributed by atoms with van der Waals surface area (Å²) < 4.78 is 48.2. The van der Waals surface area contributed by atoms with Crippen LogP contribution in [0.5, 0.6) is 0 Å². The van der Waals surface area contributed by atoms with E-state index >= 15 is 0 Å². The summed E-state index contributed by atoms with van der Waals surface area (Å²) in [5.41, 5.74) is 0.401. The van der Waals surface area contributed by atoms with Crippen molar-refractivity contribution in [1.29, 1.82) is 0 Å². The minimum Gasteiger partial charge on any atom is -0.467 e. The number of nitrogens with one attached hydrogen (secondary N) is 1. The van der Waals surface area contributed by atoms with Crippen molar-refractivity contribution in [3.8, 4) is 0 Å². The van der Waals surface area contributed by atoms with E-state index in [2.05, 4.69) is 15.3 Å². The fourth-order valence-corrected chi connectivity index (χ4v) is 3.57. The molecule has 1 aromatic carbocycles. The quantitative estimate of drug-likeness (QED) is 0.388. The van der Waals surface area contributed by atoms with Crippen LogP contribution < -0.4 is 10.2 Å². The molecular formula is C22H19FN4O5S. The van der Waals surface area contributed by atoms with Crippen molar-refractivity contribution in [2.24, 2.45) is 0 Å². The van der Waals surface area contributed by atoms with E-state index < -0.39 is 26.7 Å². The van der Waals surface area contributed by atoms with E-state index in [1.165, 1.54) is 43.0 Å². The molecule has 4 rings (SSSR count). The van der Waals surface area contributed by atoms with Crippen LogP contribution in [0.1, 0.15) is 22.0 Å². The Balaban J connectivity index is 1.76. The van der Waals surface area contributed by atoms with Gasteiger partial charge in [0.05, 0.1) is 37.5 Å². The smallest absolute Gasteiger partial charge is 0.276 e. The molecule has 3 heterocycles. The summed E-state index contributed by atoms with van der Waals surface area (Å²) in [5, 5.41) is 2.12. The number of sulfone groups is 1. The largest absolute Gasteiger partial charge is 0.467 e. The lowest BCUT2D eigenvalue weighted by Crippen LogP contribution is -2.27. The Labute approximate surface area is 188 Å². The maximum atomic E-state index is 13.2. The third-order valence-corrected chi connectivity index (χ3v) is 5.45. The van der Waals surface area contributed by atoms with E-state index in [-0.39, 0.29) is 24.5 Å². The maximum absolute atomic E-state index is 13.2. The zero-order valence-electron chi connectivity index (χ0n) is 17.4. The first-order valence-electron chi connectivity index (χ1n) is 9.73. The lowest BCUT2D eigenvalue weighted by Gasteiger charge is -2.24. The van der Waals surface area contributed by atoms with E-state index in [4.69, 9.17) is 8.83 Å². The molecule has 3 aromatic heterocycles. The lowest BCUT2D eigenvalue weighted by atomic mass is 10.2. The average molecular weight is 470 g/mol. The Hall–Kier alpha value is -3.99. The van der Waals surface area contributed by atoms with Crippen LogP contribution in [0.15, 0.2) is 81.2 Å². The Morgan fingerprint density at radius 1 is 1.03 bits per heavy atom. The van der Waals surface area contributed by atoms with Gasteiger partial charge in [-0.2, -0.15) is 0 Å². The van der Waals surface area contributed by atoms with Gasteiger partial charge in [0.15, 0.2) is 5.69 Å². The number of aromatic nitrogens is 2. The monoisotopic (exact) mass is 470 g/mol. The summed E-state index contributed by atoms with van der Waals surface area (Å²) in [6.07, 6.45) is 5.26. The van der Waals surface area contributed by atoms with Crippen LogP contribution in [0.3, 0.4) is 0 Å². The zero-order valence-corrected chi connectivity index (χ0v) is 18.3. The Kier molecular flexibility index (Phi) is 6.22. The molecule has 0 spiro atoms. The van der Waals surface area contributed by atoms with Crippen LogP contribution in [0, 0.1) is 5.82 Å². The SMILES string of the molecule is CS(=O)(=O)c1ncc(N(Cc2ccco2)Cc2ccco2)c(C(=O)Nc2ccc(F)cc2)n1. The first-order valence-corrected chi connectivity index (χ1v) is 11.6. The summed E-state index contributed by atoms with van der Waals surface area (Å²) in [6.45, 7) is 0.457. The Bertz CT molecular complexity index is 1300. The minimum absolute atomic E-state index is 0.173. The second-order valence-corrected chi connectivity index (χ2v) is 9.04. The topological polar surface area (TPSA) is 119 Å². The number of hydrogen-bond acceptors (Lipinski definition) is 8. The average Bonchev–Trinajstić information content (AvgIpc) is 3.48. The van der Waals surface area contributed by atoms with Gasteiger partial charge >= 0.3 is 0 Å². The minimum atomic E-state index is -3.79. The number of halogens is 1. The molecule has 0 atom stereocenters. The first-order chi connectivity index (χ1) is 15.8. The van der Waals surface area contributed by atoms with Gasteiger partial charge in [0.1, 0.15) is 17.3 Å². The van der Waals surface area contributed by atoms with Crippen LogP contribution in [-0.4, -0.2) is 30.5 Å². The van der Waals surface area contributed by atoms with Crippen molar-refractivity contribution >= 4 is 27.1 Å². The van der Waals surface area contributed by atoms with Crippen molar-refractivity contribution in [1.82, 2.24) is 9.97 Å². The number of rotatable bonds is 8. The van der Waals surface area contributed by atoms with E-state index in [0.29, 0.717) is 17.2 Å². The molecular weight excluding hydrogens is 451 g/mol. The molecule has 0 aliphatic carbocycles. The normalized spacial score (nSPS) is 11.3. The molecule has 9 nitrogen and oxygen atoms in total. The van der Waals surface area contributed by atoms with E-state index in [1.54, 1.807) is 29.2 Å². The Morgan fingerprint density at radius 2 is 1.64 bits per heavy atom. The highest BCUT2D eigenvalue weighted by atomic mass is 32.2. The van der Waals surface area contributed by atoms with Gasteiger partial charge in [-0.25, -0.2) is 22.8 Å². The number of carbonyl (C=O) groups excluding carboxylic acids is 1. The standard InChI is InChI=1S/C22H19FN4O5S/c1-33(29,30)22-24-12-19(20(26-22)21(28)25-16-8-6-15(23)7-9-16)27(13-17-4-2-10-31-17)14-18-5-3-11-32-18/h2-12H,13-14H2,1H3,(H,25,28). The highest BCUT2D eigenvalue weighted by Crippen LogP contribution is 2.25. The van der Waals surface area contributed by atoms with Crippen LogP contribution in [0.2, 0.25) is 0 Å². The fraction of sp³-hybridized carbons (Fsp3) is 0.136. The van der Waals surface area contributed by atoms with Gasteiger partial charge in [0.25, 0.3) is 5.91 Å². The summed E-state index contributed by atoms with van der Waals surface area (Å²) in [5.74, 6) is 0.0447. The van der Waals surface area contributed by atoms with Crippen LogP contribution in [-0.2, 0) is 22.9 Å². The molecule has 0 radical (unpaired) electrons. The van der Waals surface area contributed by atoms with Gasteiger partial charge < -0.3 is 19.1 Å². The van der Waals surface area contributed by atoms with Crippen LogP contribution in [0.4, 0.5) is 15.8 Å².